The van der Waals surface area contributed by atoms with E-state index in [0.717, 1.165) is 12.0 Å². The Hall–Kier alpha value is -2.95. The molecule has 0 unspecified atom stereocenters. The number of benzene rings is 2. The number of esters is 1. The van der Waals surface area contributed by atoms with Crippen LogP contribution in [-0.4, -0.2) is 29.9 Å². The Kier molecular flexibility index (Phi) is 5.23. The molecule has 1 aliphatic rings. The average molecular weight is 339 g/mol. The second kappa shape index (κ2) is 7.75. The van der Waals surface area contributed by atoms with E-state index in [1.807, 2.05) is 18.2 Å². The largest absolute Gasteiger partial charge is 0.452 e. The number of amides is 1. The maximum Gasteiger partial charge on any atom is 0.331 e. The Morgan fingerprint density at radius 1 is 1.08 bits per heavy atom. The van der Waals surface area contributed by atoms with Gasteiger partial charge in [-0.05, 0) is 41.3 Å². The summed E-state index contributed by atoms with van der Waals surface area (Å²) in [6.07, 6.45) is 3.55. The summed E-state index contributed by atoms with van der Waals surface area (Å²) in [6.45, 7) is 0.881. The highest BCUT2D eigenvalue weighted by Crippen LogP contribution is 2.18. The molecule has 0 aliphatic carbocycles. The molecule has 4 nitrogen and oxygen atoms in total. The van der Waals surface area contributed by atoms with Crippen molar-refractivity contribution >= 4 is 18.0 Å². The molecule has 1 amide bonds. The second-order valence-corrected chi connectivity index (χ2v) is 5.83. The zero-order chi connectivity index (χ0) is 17.6. The van der Waals surface area contributed by atoms with Crippen molar-refractivity contribution in [2.45, 2.75) is 13.0 Å². The SMILES string of the molecule is O=C(/C=C/c1ccc(F)cc1)OCC(=O)N1CCc2ccccc2C1. The van der Waals surface area contributed by atoms with E-state index >= 15 is 0 Å². The van der Waals surface area contributed by atoms with E-state index in [1.54, 1.807) is 17.0 Å². The molecule has 0 saturated carbocycles. The predicted molar refractivity (Wildman–Crippen MR) is 92.0 cm³/mol. The molecule has 0 N–H and O–H groups in total. The maximum atomic E-state index is 12.8. The summed E-state index contributed by atoms with van der Waals surface area (Å²) in [7, 11) is 0. The van der Waals surface area contributed by atoms with Crippen molar-refractivity contribution in [1.29, 1.82) is 0 Å². The predicted octanol–water partition coefficient (Wildman–Crippen LogP) is 2.97. The molecule has 0 saturated heterocycles. The Balaban J connectivity index is 1.49. The summed E-state index contributed by atoms with van der Waals surface area (Å²) in [5.74, 6) is -1.15. The van der Waals surface area contributed by atoms with Gasteiger partial charge in [0.15, 0.2) is 6.61 Å². The summed E-state index contributed by atoms with van der Waals surface area (Å²) in [5.41, 5.74) is 3.06. The Bertz CT molecular complexity index is 799. The summed E-state index contributed by atoms with van der Waals surface area (Å²) in [6, 6.07) is 13.7. The van der Waals surface area contributed by atoms with Gasteiger partial charge in [-0.2, -0.15) is 0 Å². The van der Waals surface area contributed by atoms with Crippen LogP contribution >= 0.6 is 0 Å². The molecule has 5 heteroatoms. The normalized spacial score (nSPS) is 13.6. The topological polar surface area (TPSA) is 46.6 Å². The monoisotopic (exact) mass is 339 g/mol. The van der Waals surface area contributed by atoms with Crippen LogP contribution in [0.25, 0.3) is 6.08 Å². The van der Waals surface area contributed by atoms with Crippen LogP contribution in [0, 0.1) is 5.82 Å². The summed E-state index contributed by atoms with van der Waals surface area (Å²) in [5, 5.41) is 0. The van der Waals surface area contributed by atoms with Crippen molar-refractivity contribution < 1.29 is 18.7 Å². The van der Waals surface area contributed by atoms with Crippen molar-refractivity contribution in [2.24, 2.45) is 0 Å². The molecule has 25 heavy (non-hydrogen) atoms. The first-order valence-electron chi connectivity index (χ1n) is 8.07. The molecular weight excluding hydrogens is 321 g/mol. The van der Waals surface area contributed by atoms with Gasteiger partial charge in [-0.25, -0.2) is 9.18 Å². The lowest BCUT2D eigenvalue weighted by molar-refractivity contribution is -0.148. The van der Waals surface area contributed by atoms with Crippen molar-refractivity contribution in [3.05, 3.63) is 77.1 Å². The molecule has 128 valence electrons. The minimum atomic E-state index is -0.602. The van der Waals surface area contributed by atoms with Gasteiger partial charge in [0.2, 0.25) is 0 Å². The fraction of sp³-hybridized carbons (Fsp3) is 0.200. The molecule has 1 aliphatic heterocycles. The highest BCUT2D eigenvalue weighted by atomic mass is 19.1. The lowest BCUT2D eigenvalue weighted by atomic mass is 10.00. The first-order chi connectivity index (χ1) is 12.1. The fourth-order valence-corrected chi connectivity index (χ4v) is 2.72. The lowest BCUT2D eigenvalue weighted by Crippen LogP contribution is -2.38. The number of carbonyl (C=O) groups excluding carboxylic acids is 2. The van der Waals surface area contributed by atoms with E-state index in [9.17, 15) is 14.0 Å². The van der Waals surface area contributed by atoms with E-state index in [0.29, 0.717) is 18.7 Å². The maximum absolute atomic E-state index is 12.8. The number of ether oxygens (including phenoxy) is 1. The van der Waals surface area contributed by atoms with Crippen molar-refractivity contribution in [3.63, 3.8) is 0 Å². The van der Waals surface area contributed by atoms with Gasteiger partial charge in [-0.3, -0.25) is 4.79 Å². The molecule has 0 bridgehead atoms. The van der Waals surface area contributed by atoms with Crippen molar-refractivity contribution in [2.75, 3.05) is 13.2 Å². The number of halogens is 1. The van der Waals surface area contributed by atoms with Gasteiger partial charge < -0.3 is 9.64 Å². The Labute approximate surface area is 145 Å². The molecule has 0 fully saturated rings. The molecule has 0 radical (unpaired) electrons. The van der Waals surface area contributed by atoms with Crippen LogP contribution in [-0.2, 0) is 27.3 Å². The van der Waals surface area contributed by atoms with Gasteiger partial charge in [0, 0.05) is 19.2 Å². The Morgan fingerprint density at radius 2 is 1.80 bits per heavy atom. The molecule has 0 aromatic heterocycles. The number of carbonyl (C=O) groups is 2. The molecule has 3 rings (SSSR count). The molecular formula is C20H18FNO3. The summed E-state index contributed by atoms with van der Waals surface area (Å²) < 4.78 is 17.8. The minimum absolute atomic E-state index is 0.210. The summed E-state index contributed by atoms with van der Waals surface area (Å²) >= 11 is 0. The number of nitrogens with zero attached hydrogens (tertiary/aromatic N) is 1. The average Bonchev–Trinajstić information content (AvgIpc) is 2.65. The van der Waals surface area contributed by atoms with Gasteiger partial charge in [0.25, 0.3) is 5.91 Å². The van der Waals surface area contributed by atoms with Crippen LogP contribution in [0.1, 0.15) is 16.7 Å². The van der Waals surface area contributed by atoms with Crippen LogP contribution in [0.5, 0.6) is 0 Å². The minimum Gasteiger partial charge on any atom is -0.452 e. The van der Waals surface area contributed by atoms with Crippen LogP contribution < -0.4 is 0 Å². The quantitative estimate of drug-likeness (QED) is 0.635. The second-order valence-electron chi connectivity index (χ2n) is 5.83. The molecule has 2 aromatic rings. The number of hydrogen-bond acceptors (Lipinski definition) is 3. The van der Waals surface area contributed by atoms with Crippen LogP contribution in [0.2, 0.25) is 0 Å². The third-order valence-electron chi connectivity index (χ3n) is 4.10. The van der Waals surface area contributed by atoms with E-state index in [4.69, 9.17) is 4.74 Å². The van der Waals surface area contributed by atoms with Gasteiger partial charge in [-0.1, -0.05) is 36.4 Å². The van der Waals surface area contributed by atoms with Gasteiger partial charge >= 0.3 is 5.97 Å². The van der Waals surface area contributed by atoms with Crippen LogP contribution in [0.15, 0.2) is 54.6 Å². The van der Waals surface area contributed by atoms with E-state index < -0.39 is 5.97 Å². The molecule has 2 aromatic carbocycles. The first-order valence-corrected chi connectivity index (χ1v) is 8.07. The van der Waals surface area contributed by atoms with E-state index in [1.165, 1.54) is 29.8 Å². The Morgan fingerprint density at radius 3 is 2.56 bits per heavy atom. The van der Waals surface area contributed by atoms with Crippen LogP contribution in [0.4, 0.5) is 4.39 Å². The first kappa shape index (κ1) is 16.9. The van der Waals surface area contributed by atoms with Gasteiger partial charge in [0.1, 0.15) is 5.82 Å². The molecule has 0 spiro atoms. The van der Waals surface area contributed by atoms with Crippen LogP contribution in [0.3, 0.4) is 0 Å². The smallest absolute Gasteiger partial charge is 0.331 e. The summed E-state index contributed by atoms with van der Waals surface area (Å²) in [4.78, 5) is 25.6. The third kappa shape index (κ3) is 4.53. The highest BCUT2D eigenvalue weighted by Gasteiger charge is 2.20. The van der Waals surface area contributed by atoms with E-state index in [2.05, 4.69) is 6.07 Å². The van der Waals surface area contributed by atoms with Gasteiger partial charge in [0.05, 0.1) is 0 Å². The van der Waals surface area contributed by atoms with Gasteiger partial charge in [-0.15, -0.1) is 0 Å². The lowest BCUT2D eigenvalue weighted by Gasteiger charge is -2.28. The standard InChI is InChI=1S/C20H18FNO3/c21-18-8-5-15(6-9-18)7-10-20(24)25-14-19(23)22-12-11-16-3-1-2-4-17(16)13-22/h1-10H,11-14H2/b10-7+. The number of rotatable bonds is 4. The van der Waals surface area contributed by atoms with E-state index in [-0.39, 0.29) is 18.3 Å². The zero-order valence-electron chi connectivity index (χ0n) is 13.7. The third-order valence-corrected chi connectivity index (χ3v) is 4.10. The molecule has 1 heterocycles. The fourth-order valence-electron chi connectivity index (χ4n) is 2.72. The number of fused-ring (bicyclic) bond motifs is 1. The zero-order valence-corrected chi connectivity index (χ0v) is 13.7. The van der Waals surface area contributed by atoms with Crippen molar-refractivity contribution in [1.82, 2.24) is 4.90 Å². The molecule has 0 atom stereocenters. The van der Waals surface area contributed by atoms with Crippen molar-refractivity contribution in [3.8, 4) is 0 Å². The number of hydrogen-bond donors (Lipinski definition) is 0. The highest BCUT2D eigenvalue weighted by molar-refractivity contribution is 5.89.